The lowest BCUT2D eigenvalue weighted by Gasteiger charge is -2.05. The van der Waals surface area contributed by atoms with E-state index in [0.29, 0.717) is 23.6 Å². The van der Waals surface area contributed by atoms with E-state index in [1.54, 1.807) is 23.1 Å². The van der Waals surface area contributed by atoms with Gasteiger partial charge in [-0.25, -0.2) is 4.98 Å². The topological polar surface area (TPSA) is 61.0 Å². The molecule has 5 nitrogen and oxygen atoms in total. The van der Waals surface area contributed by atoms with Crippen molar-refractivity contribution in [2.45, 2.75) is 37.5 Å². The van der Waals surface area contributed by atoms with Crippen molar-refractivity contribution in [1.82, 2.24) is 15.2 Å². The zero-order valence-electron chi connectivity index (χ0n) is 10.7. The Kier molecular flexibility index (Phi) is 4.15. The number of thiazole rings is 1. The summed E-state index contributed by atoms with van der Waals surface area (Å²) in [4.78, 5) is 4.39. The number of aryl methyl sites for hydroxylation is 1. The zero-order chi connectivity index (χ0) is 13.1. The quantitative estimate of drug-likeness (QED) is 0.791. The first kappa shape index (κ1) is 13.1. The van der Waals surface area contributed by atoms with Crippen LogP contribution in [0.1, 0.15) is 29.4 Å². The Morgan fingerprint density at radius 2 is 2.42 bits per heavy atom. The Morgan fingerprint density at radius 3 is 3.16 bits per heavy atom. The largest absolute Gasteiger partial charge is 0.416 e. The molecule has 0 bridgehead atoms. The van der Waals surface area contributed by atoms with Crippen molar-refractivity contribution < 1.29 is 9.15 Å². The average molecular weight is 297 g/mol. The molecule has 3 heterocycles. The average Bonchev–Trinajstić information content (AvgIpc) is 3.10. The third kappa shape index (κ3) is 3.55. The summed E-state index contributed by atoms with van der Waals surface area (Å²) in [5.74, 6) is 1.51. The Hall–Kier alpha value is -0.920. The summed E-state index contributed by atoms with van der Waals surface area (Å²) in [6.07, 6.45) is 3.23. The van der Waals surface area contributed by atoms with Gasteiger partial charge in [0.15, 0.2) is 0 Å². The van der Waals surface area contributed by atoms with Crippen LogP contribution in [0.15, 0.2) is 15.0 Å². The summed E-state index contributed by atoms with van der Waals surface area (Å²) in [5, 5.41) is 11.8. The maximum atomic E-state index is 5.61. The Morgan fingerprint density at radius 1 is 1.47 bits per heavy atom. The summed E-state index contributed by atoms with van der Waals surface area (Å²) in [7, 11) is 0. The minimum atomic E-state index is 0.335. The molecule has 2 aromatic heterocycles. The molecule has 0 aromatic carbocycles. The number of rotatable bonds is 5. The fourth-order valence-electron chi connectivity index (χ4n) is 1.95. The van der Waals surface area contributed by atoms with E-state index in [1.807, 2.05) is 12.3 Å². The number of ether oxygens (including phenoxy) is 1. The minimum absolute atomic E-state index is 0.335. The molecule has 2 aromatic rings. The second-order valence-electron chi connectivity index (χ2n) is 4.44. The molecule has 1 fully saturated rings. The van der Waals surface area contributed by atoms with E-state index < -0.39 is 0 Å². The van der Waals surface area contributed by atoms with Crippen LogP contribution in [0.4, 0.5) is 0 Å². The van der Waals surface area contributed by atoms with Crippen LogP contribution in [0.5, 0.6) is 0 Å². The van der Waals surface area contributed by atoms with Crippen LogP contribution in [-0.4, -0.2) is 33.6 Å². The second kappa shape index (κ2) is 6.02. The van der Waals surface area contributed by atoms with E-state index in [1.165, 1.54) is 0 Å². The molecule has 1 atom stereocenters. The second-order valence-corrected chi connectivity index (χ2v) is 6.48. The molecule has 19 heavy (non-hydrogen) atoms. The van der Waals surface area contributed by atoms with Gasteiger partial charge < -0.3 is 9.15 Å². The molecular weight excluding hydrogens is 282 g/mol. The van der Waals surface area contributed by atoms with Gasteiger partial charge in [0.1, 0.15) is 0 Å². The van der Waals surface area contributed by atoms with Gasteiger partial charge in [-0.05, 0) is 19.8 Å². The maximum Gasteiger partial charge on any atom is 0.276 e. The van der Waals surface area contributed by atoms with Crippen LogP contribution in [0.3, 0.4) is 0 Å². The lowest BCUT2D eigenvalue weighted by molar-refractivity contribution is 0.128. The van der Waals surface area contributed by atoms with Crippen LogP contribution >= 0.6 is 23.1 Å². The highest BCUT2D eigenvalue weighted by Crippen LogP contribution is 2.23. The van der Waals surface area contributed by atoms with Gasteiger partial charge in [-0.3, -0.25) is 0 Å². The molecule has 0 saturated carbocycles. The summed E-state index contributed by atoms with van der Waals surface area (Å²) in [6, 6.07) is 0. The fourth-order valence-corrected chi connectivity index (χ4v) is 3.41. The summed E-state index contributed by atoms with van der Waals surface area (Å²) in [5.41, 5.74) is 0.988. The van der Waals surface area contributed by atoms with Gasteiger partial charge in [0, 0.05) is 17.7 Å². The van der Waals surface area contributed by atoms with Gasteiger partial charge in [0.05, 0.1) is 23.2 Å². The van der Waals surface area contributed by atoms with E-state index in [-0.39, 0.29) is 0 Å². The van der Waals surface area contributed by atoms with Crippen LogP contribution in [0.2, 0.25) is 0 Å². The van der Waals surface area contributed by atoms with Crippen LogP contribution in [0.25, 0.3) is 0 Å². The summed E-state index contributed by atoms with van der Waals surface area (Å²) in [6.45, 7) is 2.87. The molecular formula is C12H15N3O2S2. The summed E-state index contributed by atoms with van der Waals surface area (Å²) < 4.78 is 11.2. The van der Waals surface area contributed by atoms with Crippen molar-refractivity contribution in [2.24, 2.45) is 0 Å². The monoisotopic (exact) mass is 297 g/mol. The normalized spacial score (nSPS) is 19.1. The molecule has 3 rings (SSSR count). The Bertz CT molecular complexity index is 535. The highest BCUT2D eigenvalue weighted by Gasteiger charge is 2.17. The van der Waals surface area contributed by atoms with E-state index in [4.69, 9.17) is 9.15 Å². The maximum absolute atomic E-state index is 5.61. The molecule has 7 heteroatoms. The smallest absolute Gasteiger partial charge is 0.276 e. The van der Waals surface area contributed by atoms with Crippen molar-refractivity contribution in [1.29, 1.82) is 0 Å². The third-order valence-electron chi connectivity index (χ3n) is 2.86. The van der Waals surface area contributed by atoms with Gasteiger partial charge in [-0.2, -0.15) is 0 Å². The third-order valence-corrected chi connectivity index (χ3v) is 4.64. The SMILES string of the molecule is Cc1nc(Cc2nnc(SCC3CCCO3)o2)cs1. The van der Waals surface area contributed by atoms with E-state index >= 15 is 0 Å². The first-order chi connectivity index (χ1) is 9.29. The van der Waals surface area contributed by atoms with Crippen molar-refractivity contribution in [2.75, 3.05) is 12.4 Å². The van der Waals surface area contributed by atoms with Gasteiger partial charge in [0.2, 0.25) is 5.89 Å². The predicted molar refractivity (Wildman–Crippen MR) is 73.7 cm³/mol. The van der Waals surface area contributed by atoms with Crippen LogP contribution in [-0.2, 0) is 11.2 Å². The Balaban J connectivity index is 1.53. The lowest BCUT2D eigenvalue weighted by Crippen LogP contribution is -2.07. The van der Waals surface area contributed by atoms with Crippen LogP contribution in [0, 0.1) is 6.92 Å². The highest BCUT2D eigenvalue weighted by atomic mass is 32.2. The van der Waals surface area contributed by atoms with Crippen molar-refractivity contribution in [3.8, 4) is 0 Å². The molecule has 0 N–H and O–H groups in total. The van der Waals surface area contributed by atoms with E-state index in [0.717, 1.165) is 35.9 Å². The molecule has 0 amide bonds. The standard InChI is InChI=1S/C12H15N3O2S2/c1-8-13-9(6-18-8)5-11-14-15-12(17-11)19-7-10-3-2-4-16-10/h6,10H,2-5,7H2,1H3. The molecule has 1 aliphatic heterocycles. The van der Waals surface area contributed by atoms with Gasteiger partial charge >= 0.3 is 0 Å². The number of hydrogen-bond acceptors (Lipinski definition) is 7. The minimum Gasteiger partial charge on any atom is -0.416 e. The van der Waals surface area contributed by atoms with Crippen molar-refractivity contribution in [3.63, 3.8) is 0 Å². The number of aromatic nitrogens is 3. The molecule has 0 aliphatic carbocycles. The predicted octanol–water partition coefficient (Wildman–Crippen LogP) is 2.70. The van der Waals surface area contributed by atoms with Crippen molar-refractivity contribution >= 4 is 23.1 Å². The number of thioether (sulfide) groups is 1. The lowest BCUT2D eigenvalue weighted by atomic mass is 10.3. The number of hydrogen-bond donors (Lipinski definition) is 0. The molecule has 1 unspecified atom stereocenters. The molecule has 102 valence electrons. The summed E-state index contributed by atoms with van der Waals surface area (Å²) >= 11 is 3.21. The van der Waals surface area contributed by atoms with Gasteiger partial charge in [-0.15, -0.1) is 21.5 Å². The molecule has 0 spiro atoms. The zero-order valence-corrected chi connectivity index (χ0v) is 12.3. The van der Waals surface area contributed by atoms with Crippen molar-refractivity contribution in [3.05, 3.63) is 22.0 Å². The van der Waals surface area contributed by atoms with E-state index in [9.17, 15) is 0 Å². The Labute approximate surface area is 119 Å². The van der Waals surface area contributed by atoms with E-state index in [2.05, 4.69) is 15.2 Å². The molecule has 1 saturated heterocycles. The first-order valence-electron chi connectivity index (χ1n) is 6.27. The first-order valence-corrected chi connectivity index (χ1v) is 8.14. The van der Waals surface area contributed by atoms with Crippen LogP contribution < -0.4 is 0 Å². The highest BCUT2D eigenvalue weighted by molar-refractivity contribution is 7.99. The molecule has 1 aliphatic rings. The molecule has 0 radical (unpaired) electrons. The fraction of sp³-hybridized carbons (Fsp3) is 0.583. The van der Waals surface area contributed by atoms with Gasteiger partial charge in [-0.1, -0.05) is 11.8 Å². The number of nitrogens with zero attached hydrogens (tertiary/aromatic N) is 3. The van der Waals surface area contributed by atoms with Gasteiger partial charge in [0.25, 0.3) is 5.22 Å².